The average Bonchev–Trinajstić information content (AvgIpc) is 3.12. The molecule has 0 spiro atoms. The molecule has 21 heavy (non-hydrogen) atoms. The number of carbonyl (C=O) groups is 2. The van der Waals surface area contributed by atoms with E-state index in [-0.39, 0.29) is 17.9 Å². The van der Waals surface area contributed by atoms with Crippen molar-refractivity contribution < 1.29 is 9.59 Å². The lowest BCUT2D eigenvalue weighted by atomic mass is 10.0. The van der Waals surface area contributed by atoms with Gasteiger partial charge >= 0.3 is 0 Å². The van der Waals surface area contributed by atoms with Crippen LogP contribution in [0.2, 0.25) is 0 Å². The fraction of sp³-hybridized carbons (Fsp3) is 0.375. The van der Waals surface area contributed by atoms with Crippen molar-refractivity contribution >= 4 is 22.7 Å². The molecule has 2 saturated heterocycles. The van der Waals surface area contributed by atoms with Gasteiger partial charge in [0, 0.05) is 30.1 Å². The molecule has 4 rings (SSSR count). The largest absolute Gasteiger partial charge is 0.361 e. The zero-order chi connectivity index (χ0) is 14.4. The van der Waals surface area contributed by atoms with Crippen molar-refractivity contribution in [3.8, 4) is 0 Å². The average molecular weight is 283 g/mol. The van der Waals surface area contributed by atoms with Gasteiger partial charge in [0.2, 0.25) is 11.8 Å². The maximum absolute atomic E-state index is 12.5. The highest BCUT2D eigenvalue weighted by Crippen LogP contribution is 2.25. The van der Waals surface area contributed by atoms with Crippen LogP contribution >= 0.6 is 0 Å². The van der Waals surface area contributed by atoms with E-state index in [1.165, 1.54) is 0 Å². The van der Waals surface area contributed by atoms with E-state index in [1.54, 1.807) is 4.90 Å². The van der Waals surface area contributed by atoms with Crippen molar-refractivity contribution in [2.24, 2.45) is 0 Å². The maximum atomic E-state index is 12.5. The van der Waals surface area contributed by atoms with Crippen LogP contribution in [0.4, 0.5) is 0 Å². The van der Waals surface area contributed by atoms with E-state index in [2.05, 4.69) is 10.3 Å². The number of aromatic nitrogens is 1. The number of nitrogens with one attached hydrogen (secondary N) is 2. The maximum Gasteiger partial charge on any atom is 0.246 e. The highest BCUT2D eigenvalue weighted by Gasteiger charge is 2.42. The zero-order valence-electron chi connectivity index (χ0n) is 11.6. The number of benzene rings is 1. The van der Waals surface area contributed by atoms with Crippen LogP contribution in [0, 0.1) is 0 Å². The topological polar surface area (TPSA) is 65.2 Å². The van der Waals surface area contributed by atoms with Gasteiger partial charge in [0.25, 0.3) is 0 Å². The second kappa shape index (κ2) is 4.62. The van der Waals surface area contributed by atoms with Crippen LogP contribution in [0.1, 0.15) is 18.4 Å². The van der Waals surface area contributed by atoms with Gasteiger partial charge in [-0.2, -0.15) is 0 Å². The Labute approximate surface area is 122 Å². The van der Waals surface area contributed by atoms with E-state index >= 15 is 0 Å². The van der Waals surface area contributed by atoms with E-state index in [9.17, 15) is 9.59 Å². The number of nitrogens with zero attached hydrogens (tertiary/aromatic N) is 1. The Morgan fingerprint density at radius 3 is 3.00 bits per heavy atom. The van der Waals surface area contributed by atoms with E-state index in [1.807, 2.05) is 30.5 Å². The molecule has 5 nitrogen and oxygen atoms in total. The van der Waals surface area contributed by atoms with Gasteiger partial charge in [-0.15, -0.1) is 0 Å². The van der Waals surface area contributed by atoms with Crippen LogP contribution in [-0.4, -0.2) is 40.3 Å². The summed E-state index contributed by atoms with van der Waals surface area (Å²) in [4.78, 5) is 29.6. The SMILES string of the molecule is O=C1N[C@@H](Cc2c[nH]c3ccccc23)C(=O)N2CCC[C@@H]12. The first-order valence-electron chi connectivity index (χ1n) is 7.40. The standard InChI is InChI=1S/C16H17N3O2/c20-15-14-6-3-7-19(14)16(21)13(18-15)8-10-9-17-12-5-2-1-4-11(10)12/h1-2,4-5,9,13-14,17H,3,6-8H2,(H,18,20)/t13-,14-/m0/s1. The lowest BCUT2D eigenvalue weighted by Gasteiger charge is -2.34. The predicted octanol–water partition coefficient (Wildman–Crippen LogP) is 1.20. The van der Waals surface area contributed by atoms with Gasteiger partial charge in [0.15, 0.2) is 0 Å². The molecule has 1 aromatic carbocycles. The second-order valence-corrected chi connectivity index (χ2v) is 5.81. The molecule has 2 aliphatic rings. The molecule has 0 saturated carbocycles. The summed E-state index contributed by atoms with van der Waals surface area (Å²) in [6.07, 6.45) is 4.18. The first-order chi connectivity index (χ1) is 10.2. The molecule has 2 aliphatic heterocycles. The molecule has 0 unspecified atom stereocenters. The van der Waals surface area contributed by atoms with Crippen LogP contribution in [-0.2, 0) is 16.0 Å². The molecule has 108 valence electrons. The first-order valence-corrected chi connectivity index (χ1v) is 7.40. The molecule has 0 aliphatic carbocycles. The first kappa shape index (κ1) is 12.4. The highest BCUT2D eigenvalue weighted by atomic mass is 16.2. The number of rotatable bonds is 2. The number of fused-ring (bicyclic) bond motifs is 2. The highest BCUT2D eigenvalue weighted by molar-refractivity contribution is 5.98. The summed E-state index contributed by atoms with van der Waals surface area (Å²) in [6.45, 7) is 0.710. The number of para-hydroxylation sites is 1. The molecule has 2 aromatic rings. The summed E-state index contributed by atoms with van der Waals surface area (Å²) in [7, 11) is 0. The predicted molar refractivity (Wildman–Crippen MR) is 78.7 cm³/mol. The molecule has 5 heteroatoms. The van der Waals surface area contributed by atoms with Gasteiger partial charge in [-0.05, 0) is 24.5 Å². The number of carbonyl (C=O) groups excluding carboxylic acids is 2. The summed E-state index contributed by atoms with van der Waals surface area (Å²) in [5.41, 5.74) is 2.13. The number of hydrogen-bond acceptors (Lipinski definition) is 2. The number of aromatic amines is 1. The van der Waals surface area contributed by atoms with Gasteiger partial charge < -0.3 is 15.2 Å². The number of hydrogen-bond donors (Lipinski definition) is 2. The zero-order valence-corrected chi connectivity index (χ0v) is 11.6. The molecule has 2 atom stereocenters. The smallest absolute Gasteiger partial charge is 0.246 e. The third-order valence-corrected chi connectivity index (χ3v) is 4.55. The molecule has 3 heterocycles. The summed E-state index contributed by atoms with van der Waals surface area (Å²) in [5, 5.41) is 4.01. The third kappa shape index (κ3) is 1.92. The normalized spacial score (nSPS) is 25.2. The lowest BCUT2D eigenvalue weighted by molar-refractivity contribution is -0.146. The van der Waals surface area contributed by atoms with Gasteiger partial charge in [0.05, 0.1) is 0 Å². The van der Waals surface area contributed by atoms with E-state index in [0.717, 1.165) is 29.3 Å². The van der Waals surface area contributed by atoms with Crippen LogP contribution in [0.3, 0.4) is 0 Å². The Balaban J connectivity index is 1.62. The molecule has 0 radical (unpaired) electrons. The van der Waals surface area contributed by atoms with Gasteiger partial charge in [0.1, 0.15) is 12.1 Å². The third-order valence-electron chi connectivity index (χ3n) is 4.55. The quantitative estimate of drug-likeness (QED) is 0.870. The molecular weight excluding hydrogens is 266 g/mol. The van der Waals surface area contributed by atoms with Crippen molar-refractivity contribution in [1.82, 2.24) is 15.2 Å². The van der Waals surface area contributed by atoms with E-state index < -0.39 is 6.04 Å². The molecule has 2 fully saturated rings. The molecule has 1 aromatic heterocycles. The van der Waals surface area contributed by atoms with E-state index in [4.69, 9.17) is 0 Å². The van der Waals surface area contributed by atoms with Crippen molar-refractivity contribution in [1.29, 1.82) is 0 Å². The summed E-state index contributed by atoms with van der Waals surface area (Å²) < 4.78 is 0. The Hall–Kier alpha value is -2.30. The number of amides is 2. The van der Waals surface area contributed by atoms with Crippen molar-refractivity contribution in [3.05, 3.63) is 36.0 Å². The van der Waals surface area contributed by atoms with Crippen LogP contribution in [0.25, 0.3) is 10.9 Å². The minimum atomic E-state index is -0.439. The monoisotopic (exact) mass is 283 g/mol. The van der Waals surface area contributed by atoms with Gasteiger partial charge in [-0.1, -0.05) is 18.2 Å². The van der Waals surface area contributed by atoms with Crippen LogP contribution in [0.5, 0.6) is 0 Å². The van der Waals surface area contributed by atoms with Crippen molar-refractivity contribution in [3.63, 3.8) is 0 Å². The number of piperazine rings is 1. The Morgan fingerprint density at radius 2 is 2.10 bits per heavy atom. The summed E-state index contributed by atoms with van der Waals surface area (Å²) >= 11 is 0. The summed E-state index contributed by atoms with van der Waals surface area (Å²) in [6, 6.07) is 7.33. The minimum absolute atomic E-state index is 0.00283. The van der Waals surface area contributed by atoms with Crippen LogP contribution < -0.4 is 5.32 Å². The summed E-state index contributed by atoms with van der Waals surface area (Å²) in [5.74, 6) is 0.0549. The fourth-order valence-corrected chi connectivity index (χ4v) is 3.49. The Kier molecular flexibility index (Phi) is 2.74. The van der Waals surface area contributed by atoms with Crippen molar-refractivity contribution in [2.45, 2.75) is 31.3 Å². The van der Waals surface area contributed by atoms with Crippen LogP contribution in [0.15, 0.2) is 30.5 Å². The molecule has 2 N–H and O–H groups in total. The molecule has 2 amide bonds. The molecule has 0 bridgehead atoms. The minimum Gasteiger partial charge on any atom is -0.361 e. The second-order valence-electron chi connectivity index (χ2n) is 5.81. The van der Waals surface area contributed by atoms with E-state index in [0.29, 0.717) is 13.0 Å². The van der Waals surface area contributed by atoms with Gasteiger partial charge in [-0.3, -0.25) is 9.59 Å². The Morgan fingerprint density at radius 1 is 1.24 bits per heavy atom. The lowest BCUT2D eigenvalue weighted by Crippen LogP contribution is -2.61. The van der Waals surface area contributed by atoms with Crippen molar-refractivity contribution in [2.75, 3.05) is 6.54 Å². The fourth-order valence-electron chi connectivity index (χ4n) is 3.49. The number of H-pyrrole nitrogens is 1. The Bertz CT molecular complexity index is 721. The molecular formula is C16H17N3O2. The van der Waals surface area contributed by atoms with Gasteiger partial charge in [-0.25, -0.2) is 0 Å².